The Hall–Kier alpha value is -3.60. The molecule has 0 saturated carbocycles. The number of aliphatic carboxylic acids is 1. The second kappa shape index (κ2) is 8.03. The molecule has 1 aromatic heterocycles. The Labute approximate surface area is 175 Å². The maximum atomic E-state index is 10.8. The van der Waals surface area contributed by atoms with Crippen molar-refractivity contribution in [2.24, 2.45) is 0 Å². The molecule has 5 heteroatoms. The Balaban J connectivity index is 1.86. The first-order valence-corrected chi connectivity index (χ1v) is 10.00. The maximum Gasteiger partial charge on any atom is 0.341 e. The van der Waals surface area contributed by atoms with Gasteiger partial charge in [0.25, 0.3) is 0 Å². The number of aromatic nitrogens is 2. The number of aryl methyl sites for hydroxylation is 3. The van der Waals surface area contributed by atoms with Gasteiger partial charge in [0.05, 0.1) is 11.0 Å². The number of hydrogen-bond acceptors (Lipinski definition) is 3. The molecule has 4 rings (SSSR count). The lowest BCUT2D eigenvalue weighted by molar-refractivity contribution is -0.139. The number of rotatable bonds is 6. The number of nitrogens with zero attached hydrogens (tertiary/aromatic N) is 2. The van der Waals surface area contributed by atoms with E-state index < -0.39 is 5.97 Å². The first-order valence-electron chi connectivity index (χ1n) is 10.00. The van der Waals surface area contributed by atoms with Gasteiger partial charge < -0.3 is 14.4 Å². The van der Waals surface area contributed by atoms with E-state index in [1.54, 1.807) is 12.1 Å². The van der Waals surface area contributed by atoms with Crippen LogP contribution < -0.4 is 4.74 Å². The Kier molecular flexibility index (Phi) is 5.27. The van der Waals surface area contributed by atoms with Crippen LogP contribution in [0.25, 0.3) is 33.5 Å². The molecule has 152 valence electrons. The lowest BCUT2D eigenvalue weighted by atomic mass is 9.94. The van der Waals surface area contributed by atoms with Gasteiger partial charge >= 0.3 is 5.97 Å². The van der Waals surface area contributed by atoms with Gasteiger partial charge in [-0.25, -0.2) is 9.78 Å². The Morgan fingerprint density at radius 1 is 1.00 bits per heavy atom. The highest BCUT2D eigenvalue weighted by Gasteiger charge is 2.17. The van der Waals surface area contributed by atoms with Gasteiger partial charge in [0.1, 0.15) is 11.6 Å². The lowest BCUT2D eigenvalue weighted by Crippen LogP contribution is -2.09. The summed E-state index contributed by atoms with van der Waals surface area (Å²) in [7, 11) is 0. The van der Waals surface area contributed by atoms with Crippen LogP contribution in [0.15, 0.2) is 60.7 Å². The molecule has 0 spiro atoms. The van der Waals surface area contributed by atoms with E-state index in [-0.39, 0.29) is 6.61 Å². The largest absolute Gasteiger partial charge is 0.482 e. The van der Waals surface area contributed by atoms with Crippen LogP contribution in [0.2, 0.25) is 0 Å². The Morgan fingerprint density at radius 2 is 1.77 bits per heavy atom. The second-order valence-corrected chi connectivity index (χ2v) is 7.38. The van der Waals surface area contributed by atoms with E-state index in [0.29, 0.717) is 5.75 Å². The fourth-order valence-corrected chi connectivity index (χ4v) is 3.90. The zero-order valence-corrected chi connectivity index (χ0v) is 17.3. The molecule has 1 heterocycles. The van der Waals surface area contributed by atoms with E-state index in [2.05, 4.69) is 61.7 Å². The molecule has 0 radical (unpaired) electrons. The quantitative estimate of drug-likeness (QED) is 0.466. The van der Waals surface area contributed by atoms with Crippen LogP contribution >= 0.6 is 0 Å². The molecule has 4 aromatic rings. The van der Waals surface area contributed by atoms with Gasteiger partial charge in [-0.15, -0.1) is 0 Å². The van der Waals surface area contributed by atoms with E-state index in [1.807, 2.05) is 12.1 Å². The van der Waals surface area contributed by atoms with Crippen LogP contribution in [0, 0.1) is 13.8 Å². The van der Waals surface area contributed by atoms with Gasteiger partial charge in [-0.2, -0.15) is 0 Å². The molecule has 0 fully saturated rings. The van der Waals surface area contributed by atoms with Crippen LogP contribution in [-0.4, -0.2) is 27.2 Å². The Bertz CT molecular complexity index is 1240. The summed E-state index contributed by atoms with van der Waals surface area (Å²) in [6, 6.07) is 20.3. The third kappa shape index (κ3) is 3.66. The van der Waals surface area contributed by atoms with Crippen molar-refractivity contribution < 1.29 is 14.6 Å². The van der Waals surface area contributed by atoms with Crippen molar-refractivity contribution in [2.75, 3.05) is 6.61 Å². The summed E-state index contributed by atoms with van der Waals surface area (Å²) in [6.45, 7) is 6.72. The van der Waals surface area contributed by atoms with E-state index in [0.717, 1.165) is 34.5 Å². The molecule has 0 unspecified atom stereocenters. The molecule has 0 aliphatic carbocycles. The van der Waals surface area contributed by atoms with E-state index >= 15 is 0 Å². The molecular formula is C25H24N2O3. The van der Waals surface area contributed by atoms with E-state index in [4.69, 9.17) is 14.8 Å². The summed E-state index contributed by atoms with van der Waals surface area (Å²) < 4.78 is 7.51. The molecule has 0 atom stereocenters. The van der Waals surface area contributed by atoms with E-state index in [9.17, 15) is 4.79 Å². The fourth-order valence-electron chi connectivity index (χ4n) is 3.90. The summed E-state index contributed by atoms with van der Waals surface area (Å²) in [5.41, 5.74) is 7.64. The van der Waals surface area contributed by atoms with Crippen LogP contribution in [0.5, 0.6) is 5.75 Å². The first-order chi connectivity index (χ1) is 14.5. The predicted molar refractivity (Wildman–Crippen MR) is 119 cm³/mol. The van der Waals surface area contributed by atoms with Crippen molar-refractivity contribution in [1.82, 2.24) is 9.55 Å². The van der Waals surface area contributed by atoms with Crippen molar-refractivity contribution in [3.63, 3.8) is 0 Å². The van der Waals surface area contributed by atoms with Crippen LogP contribution in [-0.2, 0) is 11.3 Å². The third-order valence-corrected chi connectivity index (χ3v) is 5.24. The van der Waals surface area contributed by atoms with Gasteiger partial charge in [-0.3, -0.25) is 0 Å². The molecule has 30 heavy (non-hydrogen) atoms. The molecule has 0 amide bonds. The van der Waals surface area contributed by atoms with Gasteiger partial charge in [0.2, 0.25) is 0 Å². The number of imidazole rings is 1. The first kappa shape index (κ1) is 19.7. The number of carbonyl (C=O) groups is 1. The number of carboxylic acids is 1. The summed E-state index contributed by atoms with van der Waals surface area (Å²) in [6.07, 6.45) is 0. The van der Waals surface area contributed by atoms with Gasteiger partial charge in [0, 0.05) is 18.2 Å². The normalized spacial score (nSPS) is 11.0. The number of ether oxygens (including phenoxy) is 1. The molecule has 3 aromatic carbocycles. The molecule has 1 N–H and O–H groups in total. The number of hydrogen-bond donors (Lipinski definition) is 1. The van der Waals surface area contributed by atoms with Crippen LogP contribution in [0.3, 0.4) is 0 Å². The summed E-state index contributed by atoms with van der Waals surface area (Å²) in [5.74, 6) is 0.385. The number of carboxylic acid groups (broad SMARTS) is 1. The van der Waals surface area contributed by atoms with Crippen LogP contribution in [0.4, 0.5) is 0 Å². The van der Waals surface area contributed by atoms with Crippen molar-refractivity contribution in [1.29, 1.82) is 0 Å². The summed E-state index contributed by atoms with van der Waals surface area (Å²) in [5, 5.41) is 8.86. The topological polar surface area (TPSA) is 64.4 Å². The fraction of sp³-hybridized carbons (Fsp3) is 0.200. The highest BCUT2D eigenvalue weighted by Crippen LogP contribution is 2.35. The maximum absolute atomic E-state index is 10.8. The molecule has 0 bridgehead atoms. The second-order valence-electron chi connectivity index (χ2n) is 7.38. The van der Waals surface area contributed by atoms with Crippen molar-refractivity contribution in [3.8, 4) is 28.3 Å². The Morgan fingerprint density at radius 3 is 2.47 bits per heavy atom. The minimum absolute atomic E-state index is 0.373. The highest BCUT2D eigenvalue weighted by atomic mass is 16.5. The molecule has 0 aliphatic rings. The highest BCUT2D eigenvalue weighted by molar-refractivity contribution is 5.88. The van der Waals surface area contributed by atoms with Crippen molar-refractivity contribution in [2.45, 2.75) is 27.3 Å². The lowest BCUT2D eigenvalue weighted by Gasteiger charge is -2.14. The number of benzene rings is 3. The monoisotopic (exact) mass is 400 g/mol. The zero-order chi connectivity index (χ0) is 21.3. The number of fused-ring (bicyclic) bond motifs is 1. The third-order valence-electron chi connectivity index (χ3n) is 5.24. The minimum atomic E-state index is -1.00. The van der Waals surface area contributed by atoms with Crippen LogP contribution in [0.1, 0.15) is 18.1 Å². The summed E-state index contributed by atoms with van der Waals surface area (Å²) >= 11 is 0. The summed E-state index contributed by atoms with van der Waals surface area (Å²) in [4.78, 5) is 15.7. The van der Waals surface area contributed by atoms with Gasteiger partial charge in [-0.05, 0) is 49.6 Å². The van der Waals surface area contributed by atoms with Gasteiger partial charge in [-0.1, -0.05) is 48.0 Å². The molecule has 0 aliphatic heterocycles. The standard InChI is InChI=1S/C25H24N2O3/c1-4-27-23-12-10-18(30-15-24(28)29)14-22(23)26-25(27)21-8-6-5-7-20(21)19-11-9-16(2)13-17(19)3/h5-14H,4,15H2,1-3H3,(H,28,29). The van der Waals surface area contributed by atoms with Crippen molar-refractivity contribution >= 4 is 17.0 Å². The average molecular weight is 400 g/mol. The van der Waals surface area contributed by atoms with Crippen molar-refractivity contribution in [3.05, 3.63) is 71.8 Å². The molecule has 5 nitrogen and oxygen atoms in total. The van der Waals surface area contributed by atoms with Gasteiger partial charge in [0.15, 0.2) is 6.61 Å². The van der Waals surface area contributed by atoms with E-state index in [1.165, 1.54) is 16.7 Å². The smallest absolute Gasteiger partial charge is 0.341 e. The minimum Gasteiger partial charge on any atom is -0.482 e. The molecule has 0 saturated heterocycles. The average Bonchev–Trinajstić information content (AvgIpc) is 3.10. The predicted octanol–water partition coefficient (Wildman–Crippen LogP) is 5.47. The molecular weight excluding hydrogens is 376 g/mol. The zero-order valence-electron chi connectivity index (χ0n) is 17.3. The SMILES string of the molecule is CCn1c(-c2ccccc2-c2ccc(C)cc2C)nc2cc(OCC(=O)O)ccc21.